The molecular formula is C16H31N3O2. The number of amides is 2. The van der Waals surface area contributed by atoms with E-state index < -0.39 is 5.54 Å². The van der Waals surface area contributed by atoms with Crippen LogP contribution in [-0.2, 0) is 0 Å². The summed E-state index contributed by atoms with van der Waals surface area (Å²) < 4.78 is 0. The molecule has 1 saturated heterocycles. The van der Waals surface area contributed by atoms with Gasteiger partial charge in [-0.1, -0.05) is 6.42 Å². The van der Waals surface area contributed by atoms with Crippen LogP contribution < -0.4 is 10.6 Å². The van der Waals surface area contributed by atoms with Crippen LogP contribution in [0.15, 0.2) is 0 Å². The molecule has 1 aliphatic carbocycles. The van der Waals surface area contributed by atoms with E-state index in [2.05, 4.69) is 29.4 Å². The number of urea groups is 1. The van der Waals surface area contributed by atoms with E-state index in [0.717, 1.165) is 25.9 Å². The van der Waals surface area contributed by atoms with Crippen LogP contribution >= 0.6 is 0 Å². The van der Waals surface area contributed by atoms with Crippen molar-refractivity contribution >= 4 is 6.03 Å². The first-order valence-electron chi connectivity index (χ1n) is 8.29. The zero-order valence-electron chi connectivity index (χ0n) is 13.7. The molecule has 5 heteroatoms. The highest BCUT2D eigenvalue weighted by atomic mass is 16.3. The fraction of sp³-hybridized carbons (Fsp3) is 0.938. The topological polar surface area (TPSA) is 64.6 Å². The van der Waals surface area contributed by atoms with E-state index in [9.17, 15) is 9.90 Å². The Morgan fingerprint density at radius 3 is 2.33 bits per heavy atom. The SMILES string of the molecule is CC(CO)(NC(=O)NCC(C)(C)N1CCCCC1)C1CC1. The van der Waals surface area contributed by atoms with E-state index in [4.69, 9.17) is 0 Å². The lowest BCUT2D eigenvalue weighted by atomic mass is 9.97. The average Bonchev–Trinajstić information content (AvgIpc) is 3.31. The Balaban J connectivity index is 1.79. The van der Waals surface area contributed by atoms with Crippen LogP contribution in [0.4, 0.5) is 4.79 Å². The van der Waals surface area contributed by atoms with E-state index in [1.165, 1.54) is 19.3 Å². The molecule has 1 saturated carbocycles. The second-order valence-electron chi connectivity index (χ2n) is 7.52. The summed E-state index contributed by atoms with van der Waals surface area (Å²) in [6.45, 7) is 9.17. The lowest BCUT2D eigenvalue weighted by molar-refractivity contribution is 0.0945. The maximum absolute atomic E-state index is 12.1. The van der Waals surface area contributed by atoms with Gasteiger partial charge < -0.3 is 15.7 Å². The van der Waals surface area contributed by atoms with Gasteiger partial charge in [-0.3, -0.25) is 4.90 Å². The van der Waals surface area contributed by atoms with Gasteiger partial charge in [-0.05, 0) is 65.5 Å². The van der Waals surface area contributed by atoms with E-state index in [1.54, 1.807) is 0 Å². The predicted molar refractivity (Wildman–Crippen MR) is 84.3 cm³/mol. The third-order valence-corrected chi connectivity index (χ3v) is 5.10. The van der Waals surface area contributed by atoms with Gasteiger partial charge in [0.05, 0.1) is 12.1 Å². The van der Waals surface area contributed by atoms with E-state index in [-0.39, 0.29) is 18.2 Å². The predicted octanol–water partition coefficient (Wildman–Crippen LogP) is 1.71. The first-order valence-corrected chi connectivity index (χ1v) is 8.29. The molecule has 122 valence electrons. The number of carbonyl (C=O) groups is 1. The number of rotatable bonds is 6. The summed E-state index contributed by atoms with van der Waals surface area (Å²) >= 11 is 0. The van der Waals surface area contributed by atoms with E-state index >= 15 is 0 Å². The first-order chi connectivity index (χ1) is 9.87. The minimum Gasteiger partial charge on any atom is -0.394 e. The second-order valence-corrected chi connectivity index (χ2v) is 7.52. The molecule has 2 fully saturated rings. The zero-order chi connectivity index (χ0) is 15.5. The molecule has 0 radical (unpaired) electrons. The number of piperidine rings is 1. The summed E-state index contributed by atoms with van der Waals surface area (Å²) in [5, 5.41) is 15.5. The molecule has 0 spiro atoms. The van der Waals surface area contributed by atoms with E-state index in [1.807, 2.05) is 6.92 Å². The van der Waals surface area contributed by atoms with Crippen LogP contribution in [0, 0.1) is 5.92 Å². The van der Waals surface area contributed by atoms with Gasteiger partial charge in [0.25, 0.3) is 0 Å². The van der Waals surface area contributed by atoms with Crippen LogP contribution in [0.3, 0.4) is 0 Å². The van der Waals surface area contributed by atoms with Gasteiger partial charge in [-0.15, -0.1) is 0 Å². The van der Waals surface area contributed by atoms with Crippen LogP contribution in [0.1, 0.15) is 52.9 Å². The molecule has 2 rings (SSSR count). The van der Waals surface area contributed by atoms with Crippen molar-refractivity contribution in [2.75, 3.05) is 26.2 Å². The second kappa shape index (κ2) is 6.53. The molecule has 5 nitrogen and oxygen atoms in total. The number of nitrogens with one attached hydrogen (secondary N) is 2. The molecule has 1 heterocycles. The van der Waals surface area contributed by atoms with Crippen molar-refractivity contribution < 1.29 is 9.90 Å². The molecule has 1 aliphatic heterocycles. The summed E-state index contributed by atoms with van der Waals surface area (Å²) in [6, 6.07) is -0.163. The van der Waals surface area contributed by atoms with Crippen LogP contribution in [0.2, 0.25) is 0 Å². The molecule has 1 unspecified atom stereocenters. The maximum Gasteiger partial charge on any atom is 0.315 e. The molecule has 2 aliphatic rings. The van der Waals surface area contributed by atoms with Crippen molar-refractivity contribution in [3.8, 4) is 0 Å². The monoisotopic (exact) mass is 297 g/mol. The number of carbonyl (C=O) groups excluding carboxylic acids is 1. The van der Waals surface area contributed by atoms with Gasteiger partial charge in [0.15, 0.2) is 0 Å². The molecule has 0 aromatic carbocycles. The Labute approximate surface area is 128 Å². The number of aliphatic hydroxyl groups excluding tert-OH is 1. The molecule has 21 heavy (non-hydrogen) atoms. The molecule has 3 N–H and O–H groups in total. The van der Waals surface area contributed by atoms with Crippen LogP contribution in [0.25, 0.3) is 0 Å². The Morgan fingerprint density at radius 2 is 1.81 bits per heavy atom. The molecule has 2 amide bonds. The Kier molecular flexibility index (Phi) is 5.15. The third kappa shape index (κ3) is 4.33. The fourth-order valence-corrected chi connectivity index (χ4v) is 3.20. The molecule has 1 atom stereocenters. The Morgan fingerprint density at radius 1 is 1.19 bits per heavy atom. The highest BCUT2D eigenvalue weighted by Gasteiger charge is 2.42. The fourth-order valence-electron chi connectivity index (χ4n) is 3.20. The summed E-state index contributed by atoms with van der Waals surface area (Å²) in [7, 11) is 0. The van der Waals surface area contributed by atoms with Crippen molar-refractivity contribution in [1.29, 1.82) is 0 Å². The van der Waals surface area contributed by atoms with Crippen molar-refractivity contribution in [1.82, 2.24) is 15.5 Å². The van der Waals surface area contributed by atoms with Gasteiger partial charge in [0.1, 0.15) is 0 Å². The third-order valence-electron chi connectivity index (χ3n) is 5.10. The lowest BCUT2D eigenvalue weighted by Crippen LogP contribution is -2.58. The minimum atomic E-state index is -0.473. The van der Waals surface area contributed by atoms with Crippen molar-refractivity contribution in [2.45, 2.75) is 64.0 Å². The Hall–Kier alpha value is -0.810. The van der Waals surface area contributed by atoms with Crippen molar-refractivity contribution in [2.24, 2.45) is 5.92 Å². The molecule has 0 aromatic rings. The van der Waals surface area contributed by atoms with Gasteiger partial charge >= 0.3 is 6.03 Å². The van der Waals surface area contributed by atoms with Gasteiger partial charge in [0.2, 0.25) is 0 Å². The van der Waals surface area contributed by atoms with Crippen molar-refractivity contribution in [3.05, 3.63) is 0 Å². The summed E-state index contributed by atoms with van der Waals surface area (Å²) in [5.41, 5.74) is -0.494. The highest BCUT2D eigenvalue weighted by molar-refractivity contribution is 5.75. The maximum atomic E-state index is 12.1. The summed E-state index contributed by atoms with van der Waals surface area (Å²) in [5.74, 6) is 0.420. The van der Waals surface area contributed by atoms with Gasteiger partial charge in [-0.25, -0.2) is 4.79 Å². The molecular weight excluding hydrogens is 266 g/mol. The van der Waals surface area contributed by atoms with Gasteiger partial charge in [-0.2, -0.15) is 0 Å². The minimum absolute atomic E-state index is 0.000600. The summed E-state index contributed by atoms with van der Waals surface area (Å²) in [4.78, 5) is 14.6. The van der Waals surface area contributed by atoms with Crippen LogP contribution in [-0.4, -0.2) is 53.4 Å². The largest absolute Gasteiger partial charge is 0.394 e. The number of nitrogens with zero attached hydrogens (tertiary/aromatic N) is 1. The number of hydrogen-bond acceptors (Lipinski definition) is 3. The normalized spacial score (nSPS) is 23.4. The zero-order valence-corrected chi connectivity index (χ0v) is 13.7. The molecule has 0 aromatic heterocycles. The molecule has 0 bridgehead atoms. The lowest BCUT2D eigenvalue weighted by Gasteiger charge is -2.41. The smallest absolute Gasteiger partial charge is 0.315 e. The number of likely N-dealkylation sites (tertiary alicyclic amines) is 1. The van der Waals surface area contributed by atoms with Crippen molar-refractivity contribution in [3.63, 3.8) is 0 Å². The standard InChI is InChI=1S/C16H31N3O2/c1-15(2,19-9-5-4-6-10-19)11-17-14(21)18-16(3,12-20)13-7-8-13/h13,20H,4-12H2,1-3H3,(H2,17,18,21). The highest BCUT2D eigenvalue weighted by Crippen LogP contribution is 2.39. The Bertz CT molecular complexity index is 363. The average molecular weight is 297 g/mol. The quantitative estimate of drug-likeness (QED) is 0.699. The first kappa shape index (κ1) is 16.6. The van der Waals surface area contributed by atoms with Crippen LogP contribution in [0.5, 0.6) is 0 Å². The van der Waals surface area contributed by atoms with Gasteiger partial charge in [0, 0.05) is 12.1 Å². The summed E-state index contributed by atoms with van der Waals surface area (Å²) in [6.07, 6.45) is 6.00. The number of hydrogen-bond donors (Lipinski definition) is 3. The number of aliphatic hydroxyl groups is 1. The van der Waals surface area contributed by atoms with E-state index in [0.29, 0.717) is 12.5 Å².